The molecule has 0 bridgehead atoms. The first-order chi connectivity index (χ1) is 4.41. The molecule has 0 fully saturated rings. The quantitative estimate of drug-likeness (QED) is 0.398. The van der Waals surface area contributed by atoms with Crippen LogP contribution in [-0.4, -0.2) is 19.5 Å². The molecule has 0 aliphatic heterocycles. The molecule has 0 unspecified atom stereocenters. The highest BCUT2D eigenvalue weighted by Crippen LogP contribution is 1.86. The van der Waals surface area contributed by atoms with Crippen molar-refractivity contribution in [1.29, 1.82) is 0 Å². The standard InChI is InChI=1S/C7H13O2/c1-2-6-9-7-4-3-5-8/h5H,1-4,6-7H2. The van der Waals surface area contributed by atoms with E-state index in [0.717, 1.165) is 19.1 Å². The van der Waals surface area contributed by atoms with Gasteiger partial charge >= 0.3 is 0 Å². The minimum atomic E-state index is 0.608. The second kappa shape index (κ2) is 7.63. The van der Waals surface area contributed by atoms with Crippen molar-refractivity contribution >= 4 is 6.29 Å². The first-order valence-corrected chi connectivity index (χ1v) is 3.22. The zero-order valence-electron chi connectivity index (χ0n) is 5.64. The number of carbonyl (C=O) groups is 1. The van der Waals surface area contributed by atoms with Crippen LogP contribution in [0.5, 0.6) is 0 Å². The lowest BCUT2D eigenvalue weighted by atomic mass is 10.3. The molecule has 0 amide bonds. The third kappa shape index (κ3) is 7.63. The Kier molecular flexibility index (Phi) is 7.32. The predicted octanol–water partition coefficient (Wildman–Crippen LogP) is 1.21. The fourth-order valence-corrected chi connectivity index (χ4v) is 0.473. The third-order valence-electron chi connectivity index (χ3n) is 0.899. The van der Waals surface area contributed by atoms with Crippen molar-refractivity contribution in [2.24, 2.45) is 0 Å². The van der Waals surface area contributed by atoms with Gasteiger partial charge in [-0.2, -0.15) is 0 Å². The first-order valence-electron chi connectivity index (χ1n) is 3.22. The zero-order valence-corrected chi connectivity index (χ0v) is 5.64. The van der Waals surface area contributed by atoms with E-state index in [1.807, 2.05) is 0 Å². The molecule has 0 spiro atoms. The molecule has 0 N–H and O–H groups in total. The summed E-state index contributed by atoms with van der Waals surface area (Å²) in [4.78, 5) is 9.77. The molecule has 9 heavy (non-hydrogen) atoms. The molecule has 2 heteroatoms. The summed E-state index contributed by atoms with van der Waals surface area (Å²) >= 11 is 0. The van der Waals surface area contributed by atoms with Gasteiger partial charge in [-0.15, -0.1) is 0 Å². The maximum atomic E-state index is 9.77. The van der Waals surface area contributed by atoms with Crippen LogP contribution in [0.1, 0.15) is 19.3 Å². The van der Waals surface area contributed by atoms with Crippen molar-refractivity contribution in [3.8, 4) is 0 Å². The van der Waals surface area contributed by atoms with Crippen molar-refractivity contribution in [1.82, 2.24) is 0 Å². The molecule has 1 radical (unpaired) electrons. The van der Waals surface area contributed by atoms with Crippen LogP contribution in [0.25, 0.3) is 0 Å². The average molecular weight is 129 g/mol. The van der Waals surface area contributed by atoms with E-state index in [4.69, 9.17) is 4.74 Å². The first kappa shape index (κ1) is 8.63. The summed E-state index contributed by atoms with van der Waals surface area (Å²) < 4.78 is 5.06. The lowest BCUT2D eigenvalue weighted by Gasteiger charge is -1.97. The number of carbonyl (C=O) groups excluding carboxylic acids is 1. The normalized spacial score (nSPS) is 9.44. The Morgan fingerprint density at radius 3 is 2.78 bits per heavy atom. The zero-order chi connectivity index (χ0) is 6.95. The van der Waals surface area contributed by atoms with Gasteiger partial charge in [0, 0.05) is 19.6 Å². The summed E-state index contributed by atoms with van der Waals surface area (Å²) in [7, 11) is 0. The number of rotatable bonds is 6. The van der Waals surface area contributed by atoms with Gasteiger partial charge in [-0.25, -0.2) is 0 Å². The molecule has 0 aliphatic rings. The molecular weight excluding hydrogens is 116 g/mol. The van der Waals surface area contributed by atoms with Gasteiger partial charge in [0.15, 0.2) is 0 Å². The van der Waals surface area contributed by atoms with Gasteiger partial charge in [0.1, 0.15) is 6.29 Å². The highest BCUT2D eigenvalue weighted by Gasteiger charge is 1.84. The molecule has 0 rings (SSSR count). The van der Waals surface area contributed by atoms with Crippen LogP contribution < -0.4 is 0 Å². The summed E-state index contributed by atoms with van der Waals surface area (Å²) in [6, 6.07) is 0. The molecule has 0 atom stereocenters. The number of ether oxygens (including phenoxy) is 1. The Labute approximate surface area is 56.2 Å². The van der Waals surface area contributed by atoms with Crippen molar-refractivity contribution in [2.75, 3.05) is 13.2 Å². The number of aldehydes is 1. The van der Waals surface area contributed by atoms with E-state index >= 15 is 0 Å². The van der Waals surface area contributed by atoms with E-state index in [0.29, 0.717) is 19.6 Å². The molecule has 53 valence electrons. The Hall–Kier alpha value is -0.370. The van der Waals surface area contributed by atoms with Crippen molar-refractivity contribution in [3.63, 3.8) is 0 Å². The fourth-order valence-electron chi connectivity index (χ4n) is 0.473. The van der Waals surface area contributed by atoms with E-state index in [1.54, 1.807) is 0 Å². The summed E-state index contributed by atoms with van der Waals surface area (Å²) in [6.07, 6.45) is 3.16. The summed E-state index contributed by atoms with van der Waals surface area (Å²) in [6.45, 7) is 5.00. The smallest absolute Gasteiger partial charge is 0.120 e. The van der Waals surface area contributed by atoms with E-state index in [2.05, 4.69) is 6.92 Å². The van der Waals surface area contributed by atoms with E-state index < -0.39 is 0 Å². The Morgan fingerprint density at radius 1 is 1.44 bits per heavy atom. The van der Waals surface area contributed by atoms with Crippen LogP contribution in [0.2, 0.25) is 0 Å². The summed E-state index contributed by atoms with van der Waals surface area (Å²) in [5.74, 6) is 0. The van der Waals surface area contributed by atoms with Gasteiger partial charge in [-0.3, -0.25) is 0 Å². The molecule has 0 aromatic carbocycles. The number of hydrogen-bond donors (Lipinski definition) is 0. The lowest BCUT2D eigenvalue weighted by Crippen LogP contribution is -1.95. The van der Waals surface area contributed by atoms with Gasteiger partial charge in [0.2, 0.25) is 0 Å². The second-order valence-electron chi connectivity index (χ2n) is 1.77. The topological polar surface area (TPSA) is 26.3 Å². The monoisotopic (exact) mass is 129 g/mol. The Morgan fingerprint density at radius 2 is 2.22 bits per heavy atom. The SMILES string of the molecule is [CH2]CCOCCCC=O. The highest BCUT2D eigenvalue weighted by atomic mass is 16.5. The maximum absolute atomic E-state index is 9.77. The maximum Gasteiger partial charge on any atom is 0.120 e. The molecular formula is C7H13O2. The predicted molar refractivity (Wildman–Crippen MR) is 36.1 cm³/mol. The third-order valence-corrected chi connectivity index (χ3v) is 0.899. The van der Waals surface area contributed by atoms with Gasteiger partial charge in [-0.05, 0) is 12.8 Å². The minimum Gasteiger partial charge on any atom is -0.381 e. The number of unbranched alkanes of at least 4 members (excludes halogenated alkanes) is 1. The molecule has 0 heterocycles. The van der Waals surface area contributed by atoms with Crippen LogP contribution in [0, 0.1) is 6.92 Å². The second-order valence-corrected chi connectivity index (χ2v) is 1.77. The van der Waals surface area contributed by atoms with Crippen LogP contribution >= 0.6 is 0 Å². The van der Waals surface area contributed by atoms with Crippen LogP contribution in [0.15, 0.2) is 0 Å². The van der Waals surface area contributed by atoms with Crippen LogP contribution in [-0.2, 0) is 9.53 Å². The van der Waals surface area contributed by atoms with E-state index in [-0.39, 0.29) is 0 Å². The lowest BCUT2D eigenvalue weighted by molar-refractivity contribution is -0.108. The van der Waals surface area contributed by atoms with Crippen molar-refractivity contribution < 1.29 is 9.53 Å². The molecule has 0 aromatic rings. The van der Waals surface area contributed by atoms with Gasteiger partial charge in [-0.1, -0.05) is 6.92 Å². The summed E-state index contributed by atoms with van der Waals surface area (Å²) in [5, 5.41) is 0. The molecule has 0 aromatic heterocycles. The average Bonchev–Trinajstić information content (AvgIpc) is 1.89. The molecule has 2 nitrogen and oxygen atoms in total. The minimum absolute atomic E-state index is 0.608. The van der Waals surface area contributed by atoms with E-state index in [1.165, 1.54) is 0 Å². The Bertz CT molecular complexity index is 61.9. The highest BCUT2D eigenvalue weighted by molar-refractivity contribution is 5.48. The van der Waals surface area contributed by atoms with Gasteiger partial charge < -0.3 is 9.53 Å². The van der Waals surface area contributed by atoms with Crippen molar-refractivity contribution in [3.05, 3.63) is 6.92 Å². The number of hydrogen-bond acceptors (Lipinski definition) is 2. The summed E-state index contributed by atoms with van der Waals surface area (Å²) in [5.41, 5.74) is 0. The fraction of sp³-hybridized carbons (Fsp3) is 0.714. The largest absolute Gasteiger partial charge is 0.381 e. The van der Waals surface area contributed by atoms with Crippen molar-refractivity contribution in [2.45, 2.75) is 19.3 Å². The van der Waals surface area contributed by atoms with E-state index in [9.17, 15) is 4.79 Å². The van der Waals surface area contributed by atoms with Gasteiger partial charge in [0.05, 0.1) is 0 Å². The van der Waals surface area contributed by atoms with Crippen LogP contribution in [0.4, 0.5) is 0 Å². The Balaban J connectivity index is 2.66. The van der Waals surface area contributed by atoms with Gasteiger partial charge in [0.25, 0.3) is 0 Å². The molecule has 0 aliphatic carbocycles. The van der Waals surface area contributed by atoms with Crippen LogP contribution in [0.3, 0.4) is 0 Å². The molecule has 0 saturated carbocycles. The molecule has 0 saturated heterocycles.